The van der Waals surface area contributed by atoms with E-state index in [9.17, 15) is 9.59 Å². The molecule has 3 aromatic heterocycles. The van der Waals surface area contributed by atoms with Crippen LogP contribution in [0.4, 0.5) is 0 Å². The number of hydrogen-bond acceptors (Lipinski definition) is 6. The molecule has 4 aromatic rings. The molecule has 0 fully saturated rings. The molecule has 25 heavy (non-hydrogen) atoms. The predicted molar refractivity (Wildman–Crippen MR) is 93.3 cm³/mol. The van der Waals surface area contributed by atoms with Crippen LogP contribution in [-0.4, -0.2) is 20.9 Å². The first-order valence-electron chi connectivity index (χ1n) is 7.45. The Labute approximate surface area is 145 Å². The molecule has 4 rings (SSSR count). The van der Waals surface area contributed by atoms with Crippen molar-refractivity contribution in [3.63, 3.8) is 0 Å². The second-order valence-electron chi connectivity index (χ2n) is 5.27. The Morgan fingerprint density at radius 3 is 2.92 bits per heavy atom. The highest BCUT2D eigenvalue weighted by molar-refractivity contribution is 7.09. The number of aromatic amines is 1. The summed E-state index contributed by atoms with van der Waals surface area (Å²) < 4.78 is 5.07. The molecule has 0 saturated carbocycles. The number of aromatic nitrogens is 3. The van der Waals surface area contributed by atoms with E-state index in [2.05, 4.69) is 20.3 Å². The minimum Gasteiger partial charge on any atom is -0.408 e. The zero-order chi connectivity index (χ0) is 17.2. The summed E-state index contributed by atoms with van der Waals surface area (Å²) in [6.45, 7) is 0.341. The van der Waals surface area contributed by atoms with Gasteiger partial charge in [0.2, 0.25) is 0 Å². The van der Waals surface area contributed by atoms with Crippen molar-refractivity contribution in [2.45, 2.75) is 6.54 Å². The number of nitrogens with zero attached hydrogens (tertiary/aromatic N) is 2. The summed E-state index contributed by atoms with van der Waals surface area (Å²) in [5.74, 6) is -0.653. The highest BCUT2D eigenvalue weighted by atomic mass is 32.1. The van der Waals surface area contributed by atoms with Gasteiger partial charge >= 0.3 is 5.76 Å². The Hall–Kier alpha value is -3.26. The van der Waals surface area contributed by atoms with Gasteiger partial charge < -0.3 is 9.73 Å². The zero-order valence-electron chi connectivity index (χ0n) is 12.9. The molecule has 0 aliphatic carbocycles. The Balaban J connectivity index is 1.49. The second-order valence-corrected chi connectivity index (χ2v) is 6.21. The summed E-state index contributed by atoms with van der Waals surface area (Å²) in [6.07, 6.45) is 3.15. The third-order valence-electron chi connectivity index (χ3n) is 3.61. The molecule has 8 heteroatoms. The van der Waals surface area contributed by atoms with Crippen LogP contribution < -0.4 is 11.1 Å². The lowest BCUT2D eigenvalue weighted by atomic mass is 10.1. The standard InChI is InChI=1S/C17H12N4O3S/c22-16(10-3-5-18-6-4-10)19-8-15-20-13(9-25-15)11-1-2-12-14(7-11)24-17(23)21-12/h1-7,9H,8H2,(H,19,22)(H,21,23). The summed E-state index contributed by atoms with van der Waals surface area (Å²) in [5.41, 5.74) is 3.30. The van der Waals surface area contributed by atoms with E-state index in [1.807, 2.05) is 11.4 Å². The molecule has 0 saturated heterocycles. The zero-order valence-corrected chi connectivity index (χ0v) is 13.7. The average molecular weight is 352 g/mol. The van der Waals surface area contributed by atoms with E-state index in [0.717, 1.165) is 16.3 Å². The lowest BCUT2D eigenvalue weighted by molar-refractivity contribution is 0.0950. The average Bonchev–Trinajstić information content (AvgIpc) is 3.25. The number of amides is 1. The van der Waals surface area contributed by atoms with Gasteiger partial charge in [-0.15, -0.1) is 11.3 Å². The number of carbonyl (C=O) groups is 1. The topological polar surface area (TPSA) is 101 Å². The van der Waals surface area contributed by atoms with E-state index in [1.54, 1.807) is 36.7 Å². The van der Waals surface area contributed by atoms with Crippen molar-refractivity contribution in [3.8, 4) is 11.3 Å². The van der Waals surface area contributed by atoms with Gasteiger partial charge in [0.1, 0.15) is 5.01 Å². The molecule has 7 nitrogen and oxygen atoms in total. The molecule has 1 amide bonds. The molecule has 1 aromatic carbocycles. The summed E-state index contributed by atoms with van der Waals surface area (Å²) in [4.78, 5) is 34.3. The van der Waals surface area contributed by atoms with Gasteiger partial charge in [-0.1, -0.05) is 6.07 Å². The van der Waals surface area contributed by atoms with E-state index < -0.39 is 5.76 Å². The third-order valence-corrected chi connectivity index (χ3v) is 4.46. The minimum atomic E-state index is -0.482. The van der Waals surface area contributed by atoms with Crippen molar-refractivity contribution in [1.29, 1.82) is 0 Å². The van der Waals surface area contributed by atoms with E-state index in [1.165, 1.54) is 11.3 Å². The molecular weight excluding hydrogens is 340 g/mol. The van der Waals surface area contributed by atoms with Crippen LogP contribution in [0.25, 0.3) is 22.4 Å². The van der Waals surface area contributed by atoms with Crippen LogP contribution in [0, 0.1) is 0 Å². The monoisotopic (exact) mass is 352 g/mol. The van der Waals surface area contributed by atoms with E-state index >= 15 is 0 Å². The first-order chi connectivity index (χ1) is 12.2. The molecule has 2 N–H and O–H groups in total. The molecule has 0 radical (unpaired) electrons. The van der Waals surface area contributed by atoms with E-state index in [0.29, 0.717) is 23.2 Å². The number of pyridine rings is 1. The van der Waals surface area contributed by atoms with Crippen molar-refractivity contribution in [2.75, 3.05) is 0 Å². The molecule has 0 unspecified atom stereocenters. The smallest absolute Gasteiger partial charge is 0.408 e. The molecule has 0 aliphatic rings. The number of nitrogens with one attached hydrogen (secondary N) is 2. The molecule has 0 bridgehead atoms. The predicted octanol–water partition coefficient (Wildman–Crippen LogP) is 2.57. The largest absolute Gasteiger partial charge is 0.417 e. The number of H-pyrrole nitrogens is 1. The van der Waals surface area contributed by atoms with Crippen molar-refractivity contribution in [1.82, 2.24) is 20.3 Å². The number of carbonyl (C=O) groups excluding carboxylic acids is 1. The van der Waals surface area contributed by atoms with Crippen molar-refractivity contribution < 1.29 is 9.21 Å². The quantitative estimate of drug-likeness (QED) is 0.588. The molecule has 0 atom stereocenters. The van der Waals surface area contributed by atoms with Gasteiger partial charge in [0.25, 0.3) is 5.91 Å². The Kier molecular flexibility index (Phi) is 3.87. The van der Waals surface area contributed by atoms with E-state index in [-0.39, 0.29) is 5.91 Å². The maximum absolute atomic E-state index is 12.0. The van der Waals surface area contributed by atoms with Crippen molar-refractivity contribution in [2.24, 2.45) is 0 Å². The molecule has 0 aliphatic heterocycles. The third kappa shape index (κ3) is 3.20. The Morgan fingerprint density at radius 2 is 2.08 bits per heavy atom. The van der Waals surface area contributed by atoms with Gasteiger partial charge in [-0.3, -0.25) is 14.8 Å². The summed E-state index contributed by atoms with van der Waals surface area (Å²) >= 11 is 1.45. The fourth-order valence-corrected chi connectivity index (χ4v) is 3.13. The highest BCUT2D eigenvalue weighted by Crippen LogP contribution is 2.24. The second kappa shape index (κ2) is 6.33. The fourth-order valence-electron chi connectivity index (χ4n) is 2.39. The maximum atomic E-state index is 12.0. The number of benzene rings is 1. The summed E-state index contributed by atoms with van der Waals surface area (Å²) in [6, 6.07) is 8.72. The van der Waals surface area contributed by atoms with Gasteiger partial charge in [-0.2, -0.15) is 0 Å². The van der Waals surface area contributed by atoms with Crippen LogP contribution in [0.3, 0.4) is 0 Å². The van der Waals surface area contributed by atoms with Crippen LogP contribution in [0.5, 0.6) is 0 Å². The number of rotatable bonds is 4. The van der Waals surface area contributed by atoms with Crippen molar-refractivity contribution in [3.05, 3.63) is 69.2 Å². The lowest BCUT2D eigenvalue weighted by Gasteiger charge is -2.02. The normalized spacial score (nSPS) is 10.9. The van der Waals surface area contributed by atoms with Crippen LogP contribution in [0.15, 0.2) is 57.3 Å². The SMILES string of the molecule is O=C(NCc1nc(-c2ccc3[nH]c(=O)oc3c2)cs1)c1ccncc1. The number of thiazole rings is 1. The van der Waals surface area contributed by atoms with Gasteiger partial charge in [0.05, 0.1) is 17.8 Å². The number of hydrogen-bond donors (Lipinski definition) is 2. The lowest BCUT2D eigenvalue weighted by Crippen LogP contribution is -2.22. The Morgan fingerprint density at radius 1 is 1.24 bits per heavy atom. The van der Waals surface area contributed by atoms with Gasteiger partial charge in [-0.05, 0) is 24.3 Å². The number of fused-ring (bicyclic) bond motifs is 1. The van der Waals surface area contributed by atoms with Gasteiger partial charge in [-0.25, -0.2) is 9.78 Å². The van der Waals surface area contributed by atoms with Crippen molar-refractivity contribution >= 4 is 28.3 Å². The Bertz CT molecular complexity index is 1100. The van der Waals surface area contributed by atoms with Crippen LogP contribution in [0.1, 0.15) is 15.4 Å². The first kappa shape index (κ1) is 15.3. The van der Waals surface area contributed by atoms with Crippen LogP contribution >= 0.6 is 11.3 Å². The molecule has 3 heterocycles. The first-order valence-corrected chi connectivity index (χ1v) is 8.33. The van der Waals surface area contributed by atoms with E-state index in [4.69, 9.17) is 4.42 Å². The highest BCUT2D eigenvalue weighted by Gasteiger charge is 2.10. The number of oxazole rings is 1. The van der Waals surface area contributed by atoms with Gasteiger partial charge in [0.15, 0.2) is 5.58 Å². The maximum Gasteiger partial charge on any atom is 0.417 e. The summed E-state index contributed by atoms with van der Waals surface area (Å²) in [7, 11) is 0. The summed E-state index contributed by atoms with van der Waals surface area (Å²) in [5, 5.41) is 5.52. The molecule has 0 spiro atoms. The molecule has 124 valence electrons. The van der Waals surface area contributed by atoms with Crippen LogP contribution in [-0.2, 0) is 6.54 Å². The van der Waals surface area contributed by atoms with Crippen LogP contribution in [0.2, 0.25) is 0 Å². The fraction of sp³-hybridized carbons (Fsp3) is 0.0588. The molecular formula is C17H12N4O3S. The van der Waals surface area contributed by atoms with Gasteiger partial charge in [0, 0.05) is 28.9 Å². The minimum absolute atomic E-state index is 0.172.